The lowest BCUT2D eigenvalue weighted by Crippen LogP contribution is -2.53. The van der Waals surface area contributed by atoms with Gasteiger partial charge in [-0.25, -0.2) is 4.39 Å². The molecule has 1 aliphatic rings. The third kappa shape index (κ3) is 4.42. The van der Waals surface area contributed by atoms with Crippen LogP contribution in [0.3, 0.4) is 0 Å². The lowest BCUT2D eigenvalue weighted by atomic mass is 10.1. The molecule has 1 aliphatic heterocycles. The molecule has 0 aliphatic carbocycles. The van der Waals surface area contributed by atoms with Crippen molar-refractivity contribution in [3.8, 4) is 11.5 Å². The van der Waals surface area contributed by atoms with E-state index in [4.69, 9.17) is 9.47 Å². The first-order valence-corrected chi connectivity index (χ1v) is 9.13. The van der Waals surface area contributed by atoms with E-state index in [1.54, 1.807) is 34.9 Å². The molecule has 0 unspecified atom stereocenters. The van der Waals surface area contributed by atoms with Crippen molar-refractivity contribution in [1.82, 2.24) is 9.80 Å². The van der Waals surface area contributed by atoms with Crippen molar-refractivity contribution >= 4 is 11.8 Å². The molecule has 0 bridgehead atoms. The van der Waals surface area contributed by atoms with Gasteiger partial charge in [-0.15, -0.1) is 0 Å². The monoisotopic (exact) mass is 386 g/mol. The SMILES string of the molecule is COc1ccccc1C(=O)N1CCN(C(=O)[C@@H](C)Oc2ccc(F)cc2)CC1. The second kappa shape index (κ2) is 8.73. The van der Waals surface area contributed by atoms with Crippen molar-refractivity contribution in [3.05, 3.63) is 59.9 Å². The molecular formula is C21H23FN2O4. The van der Waals surface area contributed by atoms with Crippen LogP contribution in [-0.4, -0.2) is 61.0 Å². The van der Waals surface area contributed by atoms with Gasteiger partial charge in [0.25, 0.3) is 11.8 Å². The van der Waals surface area contributed by atoms with Gasteiger partial charge in [0, 0.05) is 26.2 Å². The van der Waals surface area contributed by atoms with Crippen LogP contribution in [0.4, 0.5) is 4.39 Å². The van der Waals surface area contributed by atoms with Gasteiger partial charge in [0.1, 0.15) is 17.3 Å². The van der Waals surface area contributed by atoms with Gasteiger partial charge in [0.2, 0.25) is 0 Å². The molecule has 0 N–H and O–H groups in total. The summed E-state index contributed by atoms with van der Waals surface area (Å²) in [6, 6.07) is 12.6. The van der Waals surface area contributed by atoms with Gasteiger partial charge in [0.15, 0.2) is 6.10 Å². The van der Waals surface area contributed by atoms with Gasteiger partial charge in [0.05, 0.1) is 12.7 Å². The highest BCUT2D eigenvalue weighted by atomic mass is 19.1. The molecule has 6 nitrogen and oxygen atoms in total. The van der Waals surface area contributed by atoms with Crippen LogP contribution in [0, 0.1) is 5.82 Å². The summed E-state index contributed by atoms with van der Waals surface area (Å²) in [5, 5.41) is 0. The molecule has 3 rings (SSSR count). The molecule has 2 aromatic carbocycles. The number of halogens is 1. The van der Waals surface area contributed by atoms with Crippen molar-refractivity contribution in [2.45, 2.75) is 13.0 Å². The fourth-order valence-corrected chi connectivity index (χ4v) is 3.15. The smallest absolute Gasteiger partial charge is 0.263 e. The molecule has 0 radical (unpaired) electrons. The lowest BCUT2D eigenvalue weighted by Gasteiger charge is -2.36. The van der Waals surface area contributed by atoms with Gasteiger partial charge in [-0.1, -0.05) is 12.1 Å². The Bertz CT molecular complexity index is 833. The zero-order valence-corrected chi connectivity index (χ0v) is 15.9. The summed E-state index contributed by atoms with van der Waals surface area (Å²) in [7, 11) is 1.53. The molecule has 148 valence electrons. The van der Waals surface area contributed by atoms with Crippen molar-refractivity contribution < 1.29 is 23.5 Å². The third-order valence-electron chi connectivity index (χ3n) is 4.69. The van der Waals surface area contributed by atoms with E-state index in [9.17, 15) is 14.0 Å². The Balaban J connectivity index is 1.56. The van der Waals surface area contributed by atoms with Crippen LogP contribution in [-0.2, 0) is 4.79 Å². The van der Waals surface area contributed by atoms with Crippen LogP contribution in [0.1, 0.15) is 17.3 Å². The largest absolute Gasteiger partial charge is 0.496 e. The van der Waals surface area contributed by atoms with E-state index in [0.29, 0.717) is 43.2 Å². The first-order chi connectivity index (χ1) is 13.5. The van der Waals surface area contributed by atoms with Crippen LogP contribution in [0.15, 0.2) is 48.5 Å². The molecule has 1 atom stereocenters. The maximum atomic E-state index is 13.0. The number of hydrogen-bond donors (Lipinski definition) is 0. The average molecular weight is 386 g/mol. The topological polar surface area (TPSA) is 59.1 Å². The van der Waals surface area contributed by atoms with Crippen molar-refractivity contribution in [3.63, 3.8) is 0 Å². The predicted octanol–water partition coefficient (Wildman–Crippen LogP) is 2.59. The lowest BCUT2D eigenvalue weighted by molar-refractivity contribution is -0.139. The van der Waals surface area contributed by atoms with E-state index >= 15 is 0 Å². The number of nitrogens with zero attached hydrogens (tertiary/aromatic N) is 2. The molecule has 1 fully saturated rings. The highest BCUT2D eigenvalue weighted by molar-refractivity contribution is 5.97. The van der Waals surface area contributed by atoms with Crippen LogP contribution >= 0.6 is 0 Å². The average Bonchev–Trinajstić information content (AvgIpc) is 2.74. The highest BCUT2D eigenvalue weighted by Crippen LogP contribution is 2.20. The maximum absolute atomic E-state index is 13.0. The molecule has 1 heterocycles. The number of rotatable bonds is 5. The van der Waals surface area contributed by atoms with Gasteiger partial charge in [-0.05, 0) is 43.3 Å². The van der Waals surface area contributed by atoms with Crippen molar-refractivity contribution in [2.75, 3.05) is 33.3 Å². The minimum Gasteiger partial charge on any atom is -0.496 e. The van der Waals surface area contributed by atoms with Crippen LogP contribution in [0.2, 0.25) is 0 Å². The predicted molar refractivity (Wildman–Crippen MR) is 102 cm³/mol. The zero-order valence-electron chi connectivity index (χ0n) is 15.9. The fourth-order valence-electron chi connectivity index (χ4n) is 3.15. The molecule has 0 saturated carbocycles. The molecule has 2 amide bonds. The minimum absolute atomic E-state index is 0.111. The van der Waals surface area contributed by atoms with Crippen molar-refractivity contribution in [2.24, 2.45) is 0 Å². The molecule has 7 heteroatoms. The summed E-state index contributed by atoms with van der Waals surface area (Å²) >= 11 is 0. The molecular weight excluding hydrogens is 363 g/mol. The highest BCUT2D eigenvalue weighted by Gasteiger charge is 2.29. The summed E-state index contributed by atoms with van der Waals surface area (Å²) in [6.07, 6.45) is -0.693. The number of hydrogen-bond acceptors (Lipinski definition) is 4. The molecule has 0 aromatic heterocycles. The van der Waals surface area contributed by atoms with E-state index in [0.717, 1.165) is 0 Å². The number of piperazine rings is 1. The second-order valence-electron chi connectivity index (χ2n) is 6.53. The molecule has 2 aromatic rings. The normalized spacial score (nSPS) is 15.1. The summed E-state index contributed by atoms with van der Waals surface area (Å²) in [6.45, 7) is 3.39. The Morgan fingerprint density at radius 2 is 1.57 bits per heavy atom. The summed E-state index contributed by atoms with van der Waals surface area (Å²) in [5.41, 5.74) is 0.512. The van der Waals surface area contributed by atoms with E-state index < -0.39 is 6.10 Å². The van der Waals surface area contributed by atoms with Gasteiger partial charge in [-0.2, -0.15) is 0 Å². The van der Waals surface area contributed by atoms with Crippen LogP contribution in [0.25, 0.3) is 0 Å². The van der Waals surface area contributed by atoms with E-state index in [1.165, 1.54) is 31.4 Å². The number of benzene rings is 2. The Kier molecular flexibility index (Phi) is 6.13. The number of carbonyl (C=O) groups is 2. The van der Waals surface area contributed by atoms with E-state index in [-0.39, 0.29) is 17.6 Å². The quantitative estimate of drug-likeness (QED) is 0.793. The van der Waals surface area contributed by atoms with Crippen molar-refractivity contribution in [1.29, 1.82) is 0 Å². The Morgan fingerprint density at radius 3 is 2.21 bits per heavy atom. The zero-order chi connectivity index (χ0) is 20.1. The van der Waals surface area contributed by atoms with E-state index in [1.807, 2.05) is 6.07 Å². The number of methoxy groups -OCH3 is 1. The Morgan fingerprint density at radius 1 is 0.964 bits per heavy atom. The number of ether oxygens (including phenoxy) is 2. The minimum atomic E-state index is -0.693. The summed E-state index contributed by atoms with van der Waals surface area (Å²) in [5.74, 6) is 0.343. The number of carbonyl (C=O) groups excluding carboxylic acids is 2. The van der Waals surface area contributed by atoms with Crippen LogP contribution in [0.5, 0.6) is 11.5 Å². The molecule has 1 saturated heterocycles. The Labute approximate surface area is 163 Å². The van der Waals surface area contributed by atoms with E-state index in [2.05, 4.69) is 0 Å². The molecule has 28 heavy (non-hydrogen) atoms. The number of para-hydroxylation sites is 1. The third-order valence-corrected chi connectivity index (χ3v) is 4.69. The van der Waals surface area contributed by atoms with Gasteiger partial charge in [-0.3, -0.25) is 9.59 Å². The second-order valence-corrected chi connectivity index (χ2v) is 6.53. The Hall–Kier alpha value is -3.09. The number of amides is 2. The van der Waals surface area contributed by atoms with Crippen LogP contribution < -0.4 is 9.47 Å². The van der Waals surface area contributed by atoms with Gasteiger partial charge >= 0.3 is 0 Å². The first kappa shape index (κ1) is 19.7. The maximum Gasteiger partial charge on any atom is 0.263 e. The fraction of sp³-hybridized carbons (Fsp3) is 0.333. The van der Waals surface area contributed by atoms with Gasteiger partial charge < -0.3 is 19.3 Å². The standard InChI is InChI=1S/C21H23FN2O4/c1-15(28-17-9-7-16(22)8-10-17)20(25)23-11-13-24(14-12-23)21(26)18-5-3-4-6-19(18)27-2/h3-10,15H,11-14H2,1-2H3/t15-/m1/s1. The molecule has 0 spiro atoms. The first-order valence-electron chi connectivity index (χ1n) is 9.13. The summed E-state index contributed by atoms with van der Waals surface area (Å²) in [4.78, 5) is 28.8. The summed E-state index contributed by atoms with van der Waals surface area (Å²) < 4.78 is 23.8.